The van der Waals surface area contributed by atoms with Gasteiger partial charge in [-0.05, 0) is 23.3 Å². The van der Waals surface area contributed by atoms with Crippen molar-refractivity contribution in [3.8, 4) is 22.4 Å². The van der Waals surface area contributed by atoms with Crippen LogP contribution in [0.15, 0.2) is 72.8 Å². The first-order chi connectivity index (χ1) is 14.2. The average molecular weight is 417 g/mol. The van der Waals surface area contributed by atoms with Crippen LogP contribution in [0, 0.1) is 0 Å². The second-order valence-electron chi connectivity index (χ2n) is 7.44. The van der Waals surface area contributed by atoms with Crippen molar-refractivity contribution in [3.63, 3.8) is 0 Å². The average Bonchev–Trinajstić information content (AvgIpc) is 2.71. The quantitative estimate of drug-likeness (QED) is 0.222. The number of hydrogen-bond acceptors (Lipinski definition) is 0. The van der Waals surface area contributed by atoms with Gasteiger partial charge in [0.15, 0.2) is 5.69 Å². The predicted octanol–water partition coefficient (Wildman–Crippen LogP) is 7.53. The Morgan fingerprint density at radius 1 is 0.767 bits per heavy atom. The van der Waals surface area contributed by atoms with Crippen molar-refractivity contribution in [1.29, 1.82) is 0 Å². The summed E-state index contributed by atoms with van der Waals surface area (Å²) in [7, 11) is -6.00. The van der Waals surface area contributed by atoms with Gasteiger partial charge in [0.2, 0.25) is 5.69 Å². The highest BCUT2D eigenvalue weighted by Gasteiger charge is 2.23. The smallest absolute Gasteiger partial charge is 0.418 e. The third-order valence-corrected chi connectivity index (χ3v) is 4.70. The third-order valence-electron chi connectivity index (χ3n) is 4.70. The molecule has 160 valence electrons. The van der Waals surface area contributed by atoms with Crippen molar-refractivity contribution < 1.29 is 21.8 Å². The van der Waals surface area contributed by atoms with E-state index in [-0.39, 0.29) is 0 Å². The van der Waals surface area contributed by atoms with Crippen molar-refractivity contribution in [1.82, 2.24) is 0 Å². The monoisotopic (exact) mass is 417 g/mol. The number of nitrogens with zero attached hydrogens (tertiary/aromatic N) is 1. The molecule has 0 saturated heterocycles. The maximum atomic E-state index is 9.75. The molecular weight excluding hydrogens is 389 g/mol. The van der Waals surface area contributed by atoms with E-state index in [0.717, 1.165) is 6.54 Å². The highest BCUT2D eigenvalue weighted by molar-refractivity contribution is 6.50. The molecule has 3 aromatic rings. The molecule has 1 aromatic heterocycles. The summed E-state index contributed by atoms with van der Waals surface area (Å²) < 4.78 is 41.5. The fourth-order valence-corrected chi connectivity index (χ4v) is 3.33. The third kappa shape index (κ3) is 7.32. The van der Waals surface area contributed by atoms with Crippen molar-refractivity contribution >= 4 is 7.25 Å². The zero-order valence-electron chi connectivity index (χ0n) is 17.7. The van der Waals surface area contributed by atoms with Crippen LogP contribution in [0.1, 0.15) is 45.2 Å². The minimum Gasteiger partial charge on any atom is -0.418 e. The number of benzene rings is 2. The number of aromatic nitrogens is 1. The van der Waals surface area contributed by atoms with Crippen molar-refractivity contribution in [2.45, 2.75) is 46.1 Å². The van der Waals surface area contributed by atoms with Crippen LogP contribution >= 0.6 is 0 Å². The Hall–Kier alpha value is -2.63. The molecule has 6 heteroatoms. The van der Waals surface area contributed by atoms with Crippen molar-refractivity contribution in [2.24, 2.45) is 0 Å². The minimum absolute atomic E-state index is 0.489. The van der Waals surface area contributed by atoms with Gasteiger partial charge in [-0.3, -0.25) is 0 Å². The normalized spacial score (nSPS) is 11.2. The van der Waals surface area contributed by atoms with E-state index in [0.29, 0.717) is 5.92 Å². The predicted molar refractivity (Wildman–Crippen MR) is 117 cm³/mol. The van der Waals surface area contributed by atoms with Crippen molar-refractivity contribution in [2.75, 3.05) is 0 Å². The molecule has 3 rings (SSSR count). The molecular formula is C24H28BF4N. The van der Waals surface area contributed by atoms with Crippen LogP contribution in [0.5, 0.6) is 0 Å². The highest BCUT2D eigenvalue weighted by atomic mass is 19.5. The van der Waals surface area contributed by atoms with Crippen LogP contribution in [0.3, 0.4) is 0 Å². The van der Waals surface area contributed by atoms with E-state index in [2.05, 4.69) is 98.1 Å². The van der Waals surface area contributed by atoms with Crippen molar-refractivity contribution in [3.05, 3.63) is 78.5 Å². The van der Waals surface area contributed by atoms with Gasteiger partial charge in [-0.15, -0.1) is 0 Å². The van der Waals surface area contributed by atoms with Crippen LogP contribution in [0.25, 0.3) is 22.4 Å². The second kappa shape index (κ2) is 11.0. The number of pyridine rings is 1. The number of unbranched alkanes of at least 4 members (excludes halogenated alkanes) is 1. The fraction of sp³-hybridized carbons (Fsp3) is 0.292. The molecule has 0 unspecified atom stereocenters. The van der Waals surface area contributed by atoms with Crippen LogP contribution in [0.4, 0.5) is 17.3 Å². The molecule has 0 fully saturated rings. The van der Waals surface area contributed by atoms with E-state index < -0.39 is 7.25 Å². The van der Waals surface area contributed by atoms with Gasteiger partial charge in [0, 0.05) is 30.0 Å². The SMILES string of the molecule is CCCC[n+]1c(-c2ccccc2)cc(-c2ccccc2)cc1C(C)C.F[B-](F)(F)F. The Bertz CT molecular complexity index is 904. The van der Waals surface area contributed by atoms with Gasteiger partial charge < -0.3 is 17.3 Å². The molecule has 0 aliphatic carbocycles. The summed E-state index contributed by atoms with van der Waals surface area (Å²) in [6, 6.07) is 26.2. The Balaban J connectivity index is 0.000000575. The van der Waals surface area contributed by atoms with Gasteiger partial charge in [0.05, 0.1) is 0 Å². The molecule has 0 amide bonds. The van der Waals surface area contributed by atoms with Crippen LogP contribution < -0.4 is 4.57 Å². The molecule has 0 saturated carbocycles. The largest absolute Gasteiger partial charge is 0.673 e. The Morgan fingerprint density at radius 2 is 1.27 bits per heavy atom. The second-order valence-corrected chi connectivity index (χ2v) is 7.44. The Kier molecular flexibility index (Phi) is 8.64. The van der Waals surface area contributed by atoms with Crippen LogP contribution in [-0.2, 0) is 6.54 Å². The molecule has 0 aliphatic rings. The summed E-state index contributed by atoms with van der Waals surface area (Å²) in [5.41, 5.74) is 6.60. The topological polar surface area (TPSA) is 3.88 Å². The van der Waals surface area contributed by atoms with E-state index in [4.69, 9.17) is 0 Å². The van der Waals surface area contributed by atoms with Crippen LogP contribution in [0.2, 0.25) is 0 Å². The van der Waals surface area contributed by atoms with Crippen LogP contribution in [-0.4, -0.2) is 7.25 Å². The standard InChI is InChI=1S/C24H28N.BF4/c1-4-5-16-25-23(19(2)3)17-22(20-12-8-6-9-13-20)18-24(25)21-14-10-7-11-15-21;2-1(3,4)5/h6-15,17-19H,4-5,16H2,1-3H3;/q+1;-1. The molecule has 0 spiro atoms. The summed E-state index contributed by atoms with van der Waals surface area (Å²) in [6.45, 7) is 7.92. The first-order valence-electron chi connectivity index (χ1n) is 10.3. The molecule has 0 radical (unpaired) electrons. The first kappa shape index (κ1) is 23.7. The summed E-state index contributed by atoms with van der Waals surface area (Å²) in [5, 5.41) is 0. The molecule has 0 bridgehead atoms. The summed E-state index contributed by atoms with van der Waals surface area (Å²) in [4.78, 5) is 0. The maximum Gasteiger partial charge on any atom is 0.673 e. The molecule has 2 aromatic carbocycles. The van der Waals surface area contributed by atoms with E-state index in [9.17, 15) is 17.3 Å². The van der Waals surface area contributed by atoms with Gasteiger partial charge in [-0.1, -0.05) is 75.7 Å². The fourth-order valence-electron chi connectivity index (χ4n) is 3.33. The molecule has 30 heavy (non-hydrogen) atoms. The lowest BCUT2D eigenvalue weighted by Crippen LogP contribution is -2.41. The zero-order valence-corrected chi connectivity index (χ0v) is 17.7. The number of rotatable bonds is 6. The minimum atomic E-state index is -6.00. The summed E-state index contributed by atoms with van der Waals surface area (Å²) in [5.74, 6) is 0.489. The number of halogens is 4. The van der Waals surface area contributed by atoms with E-state index in [1.54, 1.807) is 0 Å². The van der Waals surface area contributed by atoms with Gasteiger partial charge in [-0.2, -0.15) is 4.57 Å². The molecule has 0 N–H and O–H groups in total. The van der Waals surface area contributed by atoms with E-state index in [1.165, 1.54) is 40.9 Å². The Labute approximate surface area is 176 Å². The lowest BCUT2D eigenvalue weighted by molar-refractivity contribution is -0.694. The van der Waals surface area contributed by atoms with Gasteiger partial charge in [-0.25, -0.2) is 0 Å². The zero-order chi connectivity index (χ0) is 22.1. The summed E-state index contributed by atoms with van der Waals surface area (Å²) >= 11 is 0. The van der Waals surface area contributed by atoms with Gasteiger partial charge in [0.1, 0.15) is 6.54 Å². The number of hydrogen-bond donors (Lipinski definition) is 0. The molecule has 0 atom stereocenters. The molecule has 1 nitrogen and oxygen atoms in total. The van der Waals surface area contributed by atoms with E-state index in [1.807, 2.05) is 0 Å². The highest BCUT2D eigenvalue weighted by Crippen LogP contribution is 2.27. The molecule has 1 heterocycles. The maximum absolute atomic E-state index is 9.75. The first-order valence-corrected chi connectivity index (χ1v) is 10.3. The summed E-state index contributed by atoms with van der Waals surface area (Å²) in [6.07, 6.45) is 2.41. The van der Waals surface area contributed by atoms with Gasteiger partial charge >= 0.3 is 7.25 Å². The molecule has 0 aliphatic heterocycles. The Morgan fingerprint density at radius 3 is 1.73 bits per heavy atom. The van der Waals surface area contributed by atoms with Gasteiger partial charge in [0.25, 0.3) is 0 Å². The van der Waals surface area contributed by atoms with E-state index >= 15 is 0 Å². The lowest BCUT2D eigenvalue weighted by Gasteiger charge is -2.14. The lowest BCUT2D eigenvalue weighted by atomic mass is 9.98.